The Kier molecular flexibility index (Phi) is 6.75. The van der Waals surface area contributed by atoms with Crippen LogP contribution in [0.15, 0.2) is 22.7 Å². The number of rotatable bonds is 7. The second-order valence-corrected chi connectivity index (χ2v) is 4.63. The minimum absolute atomic E-state index is 0.0839. The van der Waals surface area contributed by atoms with Crippen LogP contribution in [0.3, 0.4) is 0 Å². The van der Waals surface area contributed by atoms with E-state index in [1.165, 1.54) is 25.3 Å². The molecule has 0 radical (unpaired) electrons. The molecule has 7 heteroatoms. The standard InChI is InChI=1S/C12H15BrFNO4/c1-18-6-9(16)5-15-12(17)7-19-11-3-2-8(14)4-10(11)13/h2-4,9,16H,5-7H2,1H3,(H,15,17). The molecule has 0 heterocycles. The minimum atomic E-state index is -0.758. The van der Waals surface area contributed by atoms with Gasteiger partial charge in [0.2, 0.25) is 0 Å². The monoisotopic (exact) mass is 335 g/mol. The zero-order valence-electron chi connectivity index (χ0n) is 10.4. The van der Waals surface area contributed by atoms with Crippen LogP contribution in [0.2, 0.25) is 0 Å². The van der Waals surface area contributed by atoms with E-state index in [4.69, 9.17) is 9.47 Å². The molecule has 0 spiro atoms. The molecule has 0 bridgehead atoms. The number of aliphatic hydroxyl groups excluding tert-OH is 1. The number of methoxy groups -OCH3 is 1. The fourth-order valence-corrected chi connectivity index (χ4v) is 1.73. The van der Waals surface area contributed by atoms with Gasteiger partial charge < -0.3 is 19.9 Å². The molecule has 0 aliphatic carbocycles. The Hall–Kier alpha value is -1.18. The van der Waals surface area contributed by atoms with Crippen LogP contribution >= 0.6 is 15.9 Å². The van der Waals surface area contributed by atoms with Crippen LogP contribution in [-0.2, 0) is 9.53 Å². The summed E-state index contributed by atoms with van der Waals surface area (Å²) in [5, 5.41) is 11.8. The molecular formula is C12H15BrFNO4. The van der Waals surface area contributed by atoms with Crippen LogP contribution in [0.25, 0.3) is 0 Å². The highest BCUT2D eigenvalue weighted by Crippen LogP contribution is 2.25. The van der Waals surface area contributed by atoms with E-state index in [9.17, 15) is 14.3 Å². The van der Waals surface area contributed by atoms with E-state index in [0.717, 1.165) is 0 Å². The maximum Gasteiger partial charge on any atom is 0.258 e. The van der Waals surface area contributed by atoms with Crippen LogP contribution in [0.1, 0.15) is 0 Å². The molecule has 1 atom stereocenters. The predicted octanol–water partition coefficient (Wildman–Crippen LogP) is 1.09. The molecule has 1 unspecified atom stereocenters. The fourth-order valence-electron chi connectivity index (χ4n) is 1.27. The molecule has 1 aromatic carbocycles. The lowest BCUT2D eigenvalue weighted by Crippen LogP contribution is -2.37. The second-order valence-electron chi connectivity index (χ2n) is 3.78. The maximum atomic E-state index is 12.8. The van der Waals surface area contributed by atoms with Crippen molar-refractivity contribution >= 4 is 21.8 Å². The number of ether oxygens (including phenoxy) is 2. The van der Waals surface area contributed by atoms with E-state index in [1.807, 2.05) is 0 Å². The normalized spacial score (nSPS) is 12.0. The van der Waals surface area contributed by atoms with Gasteiger partial charge >= 0.3 is 0 Å². The van der Waals surface area contributed by atoms with Gasteiger partial charge in [-0.05, 0) is 34.1 Å². The van der Waals surface area contributed by atoms with Crippen molar-refractivity contribution in [3.05, 3.63) is 28.5 Å². The maximum absolute atomic E-state index is 12.8. The topological polar surface area (TPSA) is 67.8 Å². The summed E-state index contributed by atoms with van der Waals surface area (Å²) >= 11 is 3.13. The van der Waals surface area contributed by atoms with Gasteiger partial charge in [-0.3, -0.25) is 4.79 Å². The van der Waals surface area contributed by atoms with Gasteiger partial charge in [0.05, 0.1) is 17.2 Å². The number of hydrogen-bond acceptors (Lipinski definition) is 4. The number of aliphatic hydroxyl groups is 1. The summed E-state index contributed by atoms with van der Waals surface area (Å²) in [5.41, 5.74) is 0. The highest BCUT2D eigenvalue weighted by atomic mass is 79.9. The Morgan fingerprint density at radius 3 is 2.95 bits per heavy atom. The van der Waals surface area contributed by atoms with E-state index in [0.29, 0.717) is 10.2 Å². The molecular weight excluding hydrogens is 321 g/mol. The third kappa shape index (κ3) is 6.00. The van der Waals surface area contributed by atoms with E-state index in [-0.39, 0.29) is 25.7 Å². The zero-order chi connectivity index (χ0) is 14.3. The third-order valence-electron chi connectivity index (χ3n) is 2.15. The van der Waals surface area contributed by atoms with E-state index < -0.39 is 11.9 Å². The molecule has 0 saturated heterocycles. The van der Waals surface area contributed by atoms with Gasteiger partial charge in [0.25, 0.3) is 5.91 Å². The van der Waals surface area contributed by atoms with Crippen molar-refractivity contribution in [3.63, 3.8) is 0 Å². The van der Waals surface area contributed by atoms with Gasteiger partial charge in [0, 0.05) is 13.7 Å². The Bertz CT molecular complexity index is 430. The number of nitrogens with one attached hydrogen (secondary N) is 1. The van der Waals surface area contributed by atoms with Crippen LogP contribution < -0.4 is 10.1 Å². The summed E-state index contributed by atoms with van der Waals surface area (Å²) < 4.78 is 23.2. The summed E-state index contributed by atoms with van der Waals surface area (Å²) in [6, 6.07) is 3.91. The largest absolute Gasteiger partial charge is 0.483 e. The van der Waals surface area contributed by atoms with E-state index in [1.54, 1.807) is 0 Å². The third-order valence-corrected chi connectivity index (χ3v) is 2.77. The molecule has 0 fully saturated rings. The van der Waals surface area contributed by atoms with Gasteiger partial charge in [0.1, 0.15) is 11.6 Å². The second kappa shape index (κ2) is 8.08. The molecule has 1 amide bonds. The van der Waals surface area contributed by atoms with Gasteiger partial charge in [0.15, 0.2) is 6.61 Å². The smallest absolute Gasteiger partial charge is 0.258 e. The fraction of sp³-hybridized carbons (Fsp3) is 0.417. The first-order valence-corrected chi connectivity index (χ1v) is 6.33. The highest BCUT2D eigenvalue weighted by molar-refractivity contribution is 9.10. The Balaban J connectivity index is 2.33. The number of halogens is 2. The summed E-state index contributed by atoms with van der Waals surface area (Å²) in [4.78, 5) is 11.4. The lowest BCUT2D eigenvalue weighted by Gasteiger charge is -2.12. The number of hydrogen-bond donors (Lipinski definition) is 2. The molecule has 0 aliphatic heterocycles. The van der Waals surface area contributed by atoms with Gasteiger partial charge in [-0.1, -0.05) is 0 Å². The van der Waals surface area contributed by atoms with Crippen LogP contribution in [0, 0.1) is 5.82 Å². The lowest BCUT2D eigenvalue weighted by atomic mass is 10.3. The van der Waals surface area contributed by atoms with Crippen LogP contribution in [0.5, 0.6) is 5.75 Å². The summed E-state index contributed by atoms with van der Waals surface area (Å²) in [7, 11) is 1.46. The summed E-state index contributed by atoms with van der Waals surface area (Å²) in [5.74, 6) is -0.410. The van der Waals surface area contributed by atoms with Gasteiger partial charge in [-0.15, -0.1) is 0 Å². The summed E-state index contributed by atoms with van der Waals surface area (Å²) in [6.07, 6.45) is -0.758. The molecule has 1 rings (SSSR count). The molecule has 2 N–H and O–H groups in total. The molecule has 0 aromatic heterocycles. The van der Waals surface area contributed by atoms with Crippen LogP contribution in [-0.4, -0.2) is 44.0 Å². The van der Waals surface area contributed by atoms with E-state index in [2.05, 4.69) is 21.2 Å². The predicted molar refractivity (Wildman–Crippen MR) is 70.5 cm³/mol. The molecule has 5 nitrogen and oxygen atoms in total. The zero-order valence-corrected chi connectivity index (χ0v) is 11.9. The van der Waals surface area contributed by atoms with Crippen molar-refractivity contribution < 1.29 is 23.8 Å². The first-order valence-electron chi connectivity index (χ1n) is 5.54. The highest BCUT2D eigenvalue weighted by Gasteiger charge is 2.09. The molecule has 19 heavy (non-hydrogen) atoms. The number of carbonyl (C=O) groups excluding carboxylic acids is 1. The molecule has 0 aliphatic rings. The minimum Gasteiger partial charge on any atom is -0.483 e. The SMILES string of the molecule is COCC(O)CNC(=O)COc1ccc(F)cc1Br. The molecule has 1 aromatic rings. The van der Waals surface area contributed by atoms with Crippen molar-refractivity contribution in [2.45, 2.75) is 6.10 Å². The summed E-state index contributed by atoms with van der Waals surface area (Å²) in [6.45, 7) is 0.00913. The molecule has 106 valence electrons. The van der Waals surface area contributed by atoms with Crippen molar-refractivity contribution in [1.29, 1.82) is 0 Å². The number of benzene rings is 1. The van der Waals surface area contributed by atoms with Crippen molar-refractivity contribution in [3.8, 4) is 5.75 Å². The van der Waals surface area contributed by atoms with Crippen molar-refractivity contribution in [2.24, 2.45) is 0 Å². The quantitative estimate of drug-likeness (QED) is 0.782. The van der Waals surface area contributed by atoms with E-state index >= 15 is 0 Å². The van der Waals surface area contributed by atoms with Crippen molar-refractivity contribution in [2.75, 3.05) is 26.9 Å². The van der Waals surface area contributed by atoms with Gasteiger partial charge in [-0.2, -0.15) is 0 Å². The first-order chi connectivity index (χ1) is 9.02. The average Bonchev–Trinajstić information content (AvgIpc) is 2.35. The number of amides is 1. The average molecular weight is 336 g/mol. The Labute approximate surface area is 118 Å². The van der Waals surface area contributed by atoms with Crippen molar-refractivity contribution in [1.82, 2.24) is 5.32 Å². The van der Waals surface area contributed by atoms with Crippen LogP contribution in [0.4, 0.5) is 4.39 Å². The molecule has 0 saturated carbocycles. The van der Waals surface area contributed by atoms with Gasteiger partial charge in [-0.25, -0.2) is 4.39 Å². The number of carbonyl (C=O) groups is 1. The first kappa shape index (κ1) is 15.9. The Morgan fingerprint density at radius 1 is 1.58 bits per heavy atom. The Morgan fingerprint density at radius 2 is 2.32 bits per heavy atom. The lowest BCUT2D eigenvalue weighted by molar-refractivity contribution is -0.123.